The molecule has 4 aliphatic carbocycles. The molecule has 2 saturated carbocycles. The van der Waals surface area contributed by atoms with Gasteiger partial charge in [0.05, 0.1) is 18.3 Å². The number of hydrogen-bond donors (Lipinski definition) is 2. The molecule has 1 spiro atoms. The molecule has 10 atom stereocenters. The van der Waals surface area contributed by atoms with Crippen LogP contribution in [0.2, 0.25) is 0 Å². The van der Waals surface area contributed by atoms with E-state index in [-0.39, 0.29) is 16.4 Å². The van der Waals surface area contributed by atoms with Gasteiger partial charge in [0.1, 0.15) is 5.60 Å². The molecule has 0 unspecified atom stereocenters. The third-order valence-corrected chi connectivity index (χ3v) is 10.4. The van der Waals surface area contributed by atoms with Crippen molar-refractivity contribution in [2.24, 2.45) is 40.4 Å². The molecule has 3 nitrogen and oxygen atoms in total. The summed E-state index contributed by atoms with van der Waals surface area (Å²) in [6.07, 6.45) is 13.5. The lowest BCUT2D eigenvalue weighted by molar-refractivity contribution is -0.0149. The summed E-state index contributed by atoms with van der Waals surface area (Å²) in [5.41, 5.74) is 2.36. The molecular weight excluding hydrogens is 384 g/mol. The van der Waals surface area contributed by atoms with Gasteiger partial charge in [-0.25, -0.2) is 0 Å². The Labute approximate surface area is 188 Å². The van der Waals surface area contributed by atoms with Crippen LogP contribution in [0.5, 0.6) is 0 Å². The van der Waals surface area contributed by atoms with Crippen LogP contribution < -0.4 is 0 Å². The van der Waals surface area contributed by atoms with Crippen LogP contribution in [-0.2, 0) is 4.74 Å². The molecule has 3 heteroatoms. The van der Waals surface area contributed by atoms with E-state index >= 15 is 0 Å². The van der Waals surface area contributed by atoms with Crippen LogP contribution in [0.3, 0.4) is 0 Å². The number of aliphatic hydroxyl groups excluding tert-OH is 2. The van der Waals surface area contributed by atoms with Gasteiger partial charge in [0, 0.05) is 5.41 Å². The Hall–Kier alpha value is -0.900. The molecule has 5 rings (SSSR count). The Morgan fingerprint density at radius 3 is 2.45 bits per heavy atom. The van der Waals surface area contributed by atoms with E-state index in [0.717, 1.165) is 31.3 Å². The predicted molar refractivity (Wildman–Crippen MR) is 124 cm³/mol. The molecule has 2 N–H and O–H groups in total. The third kappa shape index (κ3) is 2.88. The lowest BCUT2D eigenvalue weighted by atomic mass is 9.48. The number of ether oxygens (including phenoxy) is 1. The zero-order valence-electron chi connectivity index (χ0n) is 20.3. The molecule has 0 amide bonds. The highest BCUT2D eigenvalue weighted by molar-refractivity contribution is 5.48. The second-order valence-electron chi connectivity index (χ2n) is 12.3. The van der Waals surface area contributed by atoms with Gasteiger partial charge in [-0.15, -0.1) is 0 Å². The van der Waals surface area contributed by atoms with Crippen molar-refractivity contribution < 1.29 is 14.9 Å². The van der Waals surface area contributed by atoms with Crippen molar-refractivity contribution in [2.45, 2.75) is 97.6 Å². The lowest BCUT2D eigenvalue weighted by Gasteiger charge is -2.56. The molecule has 31 heavy (non-hydrogen) atoms. The molecule has 0 aromatic rings. The largest absolute Gasteiger partial charge is 0.389 e. The van der Waals surface area contributed by atoms with Crippen molar-refractivity contribution in [1.82, 2.24) is 0 Å². The average molecular weight is 427 g/mol. The van der Waals surface area contributed by atoms with Crippen molar-refractivity contribution in [1.29, 1.82) is 0 Å². The normalized spacial score (nSPS) is 50.2. The topological polar surface area (TPSA) is 53.0 Å². The summed E-state index contributed by atoms with van der Waals surface area (Å²) in [7, 11) is 0. The van der Waals surface area contributed by atoms with Gasteiger partial charge < -0.3 is 14.9 Å². The van der Waals surface area contributed by atoms with Gasteiger partial charge in [0.15, 0.2) is 0 Å². The summed E-state index contributed by atoms with van der Waals surface area (Å²) in [6.45, 7) is 14.1. The van der Waals surface area contributed by atoms with Crippen molar-refractivity contribution in [3.63, 3.8) is 0 Å². The number of aliphatic hydroxyl groups is 2. The highest BCUT2D eigenvalue weighted by Crippen LogP contribution is 2.75. The molecule has 0 aromatic carbocycles. The highest BCUT2D eigenvalue weighted by Gasteiger charge is 2.79. The van der Waals surface area contributed by atoms with Crippen molar-refractivity contribution in [2.75, 3.05) is 0 Å². The van der Waals surface area contributed by atoms with E-state index in [2.05, 4.69) is 59.8 Å². The van der Waals surface area contributed by atoms with Crippen LogP contribution in [0.1, 0.15) is 73.6 Å². The second kappa shape index (κ2) is 7.05. The molecule has 0 radical (unpaired) electrons. The second-order valence-corrected chi connectivity index (χ2v) is 12.3. The van der Waals surface area contributed by atoms with Gasteiger partial charge in [-0.2, -0.15) is 0 Å². The summed E-state index contributed by atoms with van der Waals surface area (Å²) >= 11 is 0. The Balaban J connectivity index is 1.47. The van der Waals surface area contributed by atoms with Crippen LogP contribution in [-0.4, -0.2) is 34.1 Å². The highest BCUT2D eigenvalue weighted by atomic mass is 16.6. The van der Waals surface area contributed by atoms with Crippen LogP contribution in [0.4, 0.5) is 0 Å². The van der Waals surface area contributed by atoms with Crippen molar-refractivity contribution in [3.8, 4) is 0 Å². The Kier molecular flexibility index (Phi) is 4.98. The third-order valence-electron chi connectivity index (χ3n) is 10.4. The van der Waals surface area contributed by atoms with Gasteiger partial charge in [0.25, 0.3) is 0 Å². The maximum absolute atomic E-state index is 11.1. The van der Waals surface area contributed by atoms with E-state index < -0.39 is 12.2 Å². The first-order chi connectivity index (χ1) is 14.5. The summed E-state index contributed by atoms with van der Waals surface area (Å²) in [6, 6.07) is 0. The average Bonchev–Trinajstić information content (AvgIpc) is 3.38. The number of fused-ring (bicyclic) bond motifs is 3. The zero-order valence-corrected chi connectivity index (χ0v) is 20.3. The molecule has 1 saturated heterocycles. The summed E-state index contributed by atoms with van der Waals surface area (Å²) in [5.74, 6) is 2.88. The van der Waals surface area contributed by atoms with Crippen LogP contribution >= 0.6 is 0 Å². The monoisotopic (exact) mass is 426 g/mol. The number of hydrogen-bond acceptors (Lipinski definition) is 3. The minimum absolute atomic E-state index is 0.0500. The maximum Gasteiger partial charge on any atom is 0.122 e. The molecule has 5 aliphatic rings. The fraction of sp³-hybridized carbons (Fsp3) is 0.786. The van der Waals surface area contributed by atoms with E-state index in [1.54, 1.807) is 0 Å². The first-order valence-electron chi connectivity index (χ1n) is 12.7. The molecule has 3 fully saturated rings. The van der Waals surface area contributed by atoms with Crippen molar-refractivity contribution >= 4 is 0 Å². The van der Waals surface area contributed by atoms with Crippen LogP contribution in [0.15, 0.2) is 35.5 Å². The first kappa shape index (κ1) is 21.9. The Morgan fingerprint density at radius 2 is 1.74 bits per heavy atom. The summed E-state index contributed by atoms with van der Waals surface area (Å²) in [5, 5.41) is 21.3. The Bertz CT molecular complexity index is 839. The van der Waals surface area contributed by atoms with E-state index in [4.69, 9.17) is 4.74 Å². The number of allylic oxidation sites excluding steroid dienone is 2. The van der Waals surface area contributed by atoms with Gasteiger partial charge in [-0.05, 0) is 84.3 Å². The SMILES string of the molecule is CC(C)[C@@H](C)/C=C/[C@H](C)[C@H]1C[C@H]2O[C@]23C2=C[C@H](O)C4=C[C@@H](O)CC[C@]4(C)[C@H]2CC[C@]13C. The molecule has 0 bridgehead atoms. The standard InChI is InChI=1S/C28H42O3/c1-16(2)17(3)7-8-18(4)21-15-25-28(31-25)22-14-24(30)23-13-19(29)9-11-26(23,5)20(22)10-12-27(21,28)6/h7-8,13-14,16-21,24-25,29-30H,9-12,15H2,1-6H3/b8-7+/t17-,18-,19-,20-,21+,24-,25+,26+,27+,28+/m0/s1. The fourth-order valence-corrected chi connectivity index (χ4v) is 8.03. The molecule has 1 aliphatic heterocycles. The van der Waals surface area contributed by atoms with Crippen molar-refractivity contribution in [3.05, 3.63) is 35.5 Å². The Morgan fingerprint density at radius 1 is 1.00 bits per heavy atom. The zero-order chi connectivity index (χ0) is 22.3. The molecule has 1 heterocycles. The summed E-state index contributed by atoms with van der Waals surface area (Å²) in [4.78, 5) is 0. The molecular formula is C28H42O3. The van der Waals surface area contributed by atoms with E-state index in [1.807, 2.05) is 6.08 Å². The van der Waals surface area contributed by atoms with Gasteiger partial charge in [-0.3, -0.25) is 0 Å². The minimum atomic E-state index is -0.587. The first-order valence-corrected chi connectivity index (χ1v) is 12.7. The van der Waals surface area contributed by atoms with E-state index in [0.29, 0.717) is 35.7 Å². The minimum Gasteiger partial charge on any atom is -0.389 e. The van der Waals surface area contributed by atoms with E-state index in [9.17, 15) is 10.2 Å². The van der Waals surface area contributed by atoms with Gasteiger partial charge in [0.2, 0.25) is 0 Å². The van der Waals surface area contributed by atoms with Crippen LogP contribution in [0, 0.1) is 40.4 Å². The predicted octanol–water partition coefficient (Wildman–Crippen LogP) is 5.43. The molecule has 0 aromatic heterocycles. The fourth-order valence-electron chi connectivity index (χ4n) is 8.03. The smallest absolute Gasteiger partial charge is 0.122 e. The van der Waals surface area contributed by atoms with Gasteiger partial charge >= 0.3 is 0 Å². The molecule has 172 valence electrons. The number of epoxide rings is 1. The van der Waals surface area contributed by atoms with Crippen LogP contribution in [0.25, 0.3) is 0 Å². The lowest BCUT2D eigenvalue weighted by Crippen LogP contribution is -2.53. The van der Waals surface area contributed by atoms with E-state index in [1.165, 1.54) is 12.0 Å². The maximum atomic E-state index is 11.1. The van der Waals surface area contributed by atoms with Gasteiger partial charge in [-0.1, -0.05) is 59.8 Å². The quantitative estimate of drug-likeness (QED) is 0.465. The number of rotatable bonds is 4. The summed E-state index contributed by atoms with van der Waals surface area (Å²) < 4.78 is 6.58.